The second-order valence-electron chi connectivity index (χ2n) is 5.01. The molecule has 2 rings (SSSR count). The van der Waals surface area contributed by atoms with Gasteiger partial charge in [-0.15, -0.1) is 0 Å². The van der Waals surface area contributed by atoms with E-state index in [0.29, 0.717) is 11.6 Å². The quantitative estimate of drug-likeness (QED) is 0.853. The smallest absolute Gasteiger partial charge is 0.134 e. The van der Waals surface area contributed by atoms with Crippen molar-refractivity contribution in [2.45, 2.75) is 13.1 Å². The van der Waals surface area contributed by atoms with Gasteiger partial charge in [0.1, 0.15) is 5.75 Å². The van der Waals surface area contributed by atoms with E-state index in [9.17, 15) is 5.11 Å². The van der Waals surface area contributed by atoms with E-state index < -0.39 is 0 Å². The predicted molar refractivity (Wildman–Crippen MR) is 82.3 cm³/mol. The second-order valence-corrected chi connectivity index (χ2v) is 5.42. The Morgan fingerprint density at radius 3 is 2.71 bits per heavy atom. The Balaban J connectivity index is 2.06. The van der Waals surface area contributed by atoms with E-state index in [2.05, 4.69) is 10.00 Å². The van der Waals surface area contributed by atoms with Crippen LogP contribution in [0.4, 0.5) is 0 Å². The van der Waals surface area contributed by atoms with Crippen LogP contribution < -0.4 is 0 Å². The van der Waals surface area contributed by atoms with Gasteiger partial charge in [0.05, 0.1) is 17.8 Å². The molecule has 0 radical (unpaired) electrons. The molecular formula is C15H20ClN3O2. The third kappa shape index (κ3) is 4.74. The number of aromatic nitrogens is 2. The molecule has 1 aromatic heterocycles. The molecule has 114 valence electrons. The number of ether oxygens (including phenoxy) is 1. The zero-order chi connectivity index (χ0) is 15.2. The summed E-state index contributed by atoms with van der Waals surface area (Å²) in [7, 11) is 3.60. The first kappa shape index (κ1) is 15.8. The summed E-state index contributed by atoms with van der Waals surface area (Å²) < 4.78 is 6.96. The molecule has 21 heavy (non-hydrogen) atoms. The predicted octanol–water partition coefficient (Wildman–Crippen LogP) is 2.43. The molecule has 0 bridgehead atoms. The minimum atomic E-state index is 0.108. The number of aryl methyl sites for hydroxylation is 1. The average molecular weight is 310 g/mol. The first-order valence-electron chi connectivity index (χ1n) is 6.74. The zero-order valence-corrected chi connectivity index (χ0v) is 13.0. The fraction of sp³-hybridized carbons (Fsp3) is 0.400. The normalized spacial score (nSPS) is 11.2. The van der Waals surface area contributed by atoms with Crippen molar-refractivity contribution < 1.29 is 9.84 Å². The number of phenolic OH excluding ortho intramolecular Hbond substituents is 1. The van der Waals surface area contributed by atoms with Crippen LogP contribution in [0, 0.1) is 0 Å². The Hall–Kier alpha value is -1.56. The summed E-state index contributed by atoms with van der Waals surface area (Å²) in [6, 6.07) is 5.29. The number of rotatable bonds is 7. The summed E-state index contributed by atoms with van der Waals surface area (Å²) in [5.41, 5.74) is 2.20. The Labute approximate surface area is 129 Å². The van der Waals surface area contributed by atoms with Gasteiger partial charge in [0.2, 0.25) is 0 Å². The SMILES string of the molecule is COCCN(Cc1ccc(O)c(Cl)c1)Cc1cnn(C)c1. The van der Waals surface area contributed by atoms with Crippen LogP contribution >= 0.6 is 11.6 Å². The number of phenols is 1. The lowest BCUT2D eigenvalue weighted by molar-refractivity contribution is 0.140. The van der Waals surface area contributed by atoms with Gasteiger partial charge >= 0.3 is 0 Å². The fourth-order valence-corrected chi connectivity index (χ4v) is 2.36. The largest absolute Gasteiger partial charge is 0.506 e. The molecule has 0 saturated carbocycles. The summed E-state index contributed by atoms with van der Waals surface area (Å²) in [6.07, 6.45) is 3.87. The number of hydrogen-bond acceptors (Lipinski definition) is 4. The first-order valence-corrected chi connectivity index (χ1v) is 7.12. The molecule has 1 aromatic carbocycles. The van der Waals surface area contributed by atoms with Crippen LogP contribution in [-0.4, -0.2) is 40.0 Å². The number of nitrogens with zero attached hydrogens (tertiary/aromatic N) is 3. The zero-order valence-electron chi connectivity index (χ0n) is 12.3. The standard InChI is InChI=1S/C15H20ClN3O2/c1-18-9-13(8-17-18)11-19(5-6-21-2)10-12-3-4-15(20)14(16)7-12/h3-4,7-9,20H,5-6,10-11H2,1-2H3. The highest BCUT2D eigenvalue weighted by molar-refractivity contribution is 6.32. The van der Waals surface area contributed by atoms with Crippen molar-refractivity contribution in [3.05, 3.63) is 46.7 Å². The summed E-state index contributed by atoms with van der Waals surface area (Å²) >= 11 is 5.96. The van der Waals surface area contributed by atoms with Crippen molar-refractivity contribution in [1.29, 1.82) is 0 Å². The van der Waals surface area contributed by atoms with E-state index in [1.807, 2.05) is 25.5 Å². The fourth-order valence-electron chi connectivity index (χ4n) is 2.15. The first-order chi connectivity index (χ1) is 10.1. The number of hydrogen-bond donors (Lipinski definition) is 1. The molecule has 0 amide bonds. The van der Waals surface area contributed by atoms with Gasteiger partial charge in [-0.3, -0.25) is 9.58 Å². The molecule has 0 aliphatic rings. The monoisotopic (exact) mass is 309 g/mol. The maximum Gasteiger partial charge on any atom is 0.134 e. The molecule has 1 N–H and O–H groups in total. The minimum Gasteiger partial charge on any atom is -0.506 e. The van der Waals surface area contributed by atoms with Gasteiger partial charge in [0, 0.05) is 45.6 Å². The van der Waals surface area contributed by atoms with E-state index in [1.165, 1.54) is 0 Å². The molecule has 1 heterocycles. The summed E-state index contributed by atoms with van der Waals surface area (Å²) in [4.78, 5) is 2.25. The topological polar surface area (TPSA) is 50.5 Å². The number of methoxy groups -OCH3 is 1. The van der Waals surface area contributed by atoms with Gasteiger partial charge in [0.25, 0.3) is 0 Å². The number of benzene rings is 1. The maximum absolute atomic E-state index is 9.48. The van der Waals surface area contributed by atoms with E-state index >= 15 is 0 Å². The van der Waals surface area contributed by atoms with Crippen molar-refractivity contribution in [2.75, 3.05) is 20.3 Å². The van der Waals surface area contributed by atoms with E-state index in [0.717, 1.165) is 30.8 Å². The van der Waals surface area contributed by atoms with Crippen molar-refractivity contribution >= 4 is 11.6 Å². The number of aromatic hydroxyl groups is 1. The summed E-state index contributed by atoms with van der Waals surface area (Å²) in [6.45, 7) is 2.99. The van der Waals surface area contributed by atoms with Crippen LogP contribution in [0.3, 0.4) is 0 Å². The minimum absolute atomic E-state index is 0.108. The van der Waals surface area contributed by atoms with E-state index in [1.54, 1.807) is 23.9 Å². The second kappa shape index (κ2) is 7.45. The maximum atomic E-state index is 9.48. The Morgan fingerprint density at radius 1 is 1.33 bits per heavy atom. The van der Waals surface area contributed by atoms with Gasteiger partial charge in [0.15, 0.2) is 0 Å². The molecule has 0 aliphatic carbocycles. The lowest BCUT2D eigenvalue weighted by Gasteiger charge is -2.21. The van der Waals surface area contributed by atoms with Crippen molar-refractivity contribution in [2.24, 2.45) is 7.05 Å². The number of halogens is 1. The average Bonchev–Trinajstić information content (AvgIpc) is 2.85. The summed E-state index contributed by atoms with van der Waals surface area (Å²) in [5, 5.41) is 14.0. The van der Waals surface area contributed by atoms with Crippen molar-refractivity contribution in [3.8, 4) is 5.75 Å². The van der Waals surface area contributed by atoms with E-state index in [-0.39, 0.29) is 5.75 Å². The lowest BCUT2D eigenvalue weighted by atomic mass is 10.2. The van der Waals surface area contributed by atoms with Crippen LogP contribution in [0.15, 0.2) is 30.6 Å². The van der Waals surface area contributed by atoms with Crippen LogP contribution in [0.5, 0.6) is 5.75 Å². The molecule has 5 nitrogen and oxygen atoms in total. The van der Waals surface area contributed by atoms with Crippen LogP contribution in [0.2, 0.25) is 5.02 Å². The van der Waals surface area contributed by atoms with Gasteiger partial charge in [-0.25, -0.2) is 0 Å². The van der Waals surface area contributed by atoms with E-state index in [4.69, 9.17) is 16.3 Å². The summed E-state index contributed by atoms with van der Waals surface area (Å²) in [5.74, 6) is 0.108. The van der Waals surface area contributed by atoms with Crippen LogP contribution in [0.1, 0.15) is 11.1 Å². The molecule has 0 saturated heterocycles. The third-order valence-electron chi connectivity index (χ3n) is 3.19. The third-order valence-corrected chi connectivity index (χ3v) is 3.50. The highest BCUT2D eigenvalue weighted by Gasteiger charge is 2.09. The molecule has 2 aromatic rings. The van der Waals surface area contributed by atoms with Crippen LogP contribution in [0.25, 0.3) is 0 Å². The Bertz CT molecular complexity index is 586. The lowest BCUT2D eigenvalue weighted by Crippen LogP contribution is -2.26. The van der Waals surface area contributed by atoms with Gasteiger partial charge in [-0.05, 0) is 17.7 Å². The van der Waals surface area contributed by atoms with Gasteiger partial charge in [-0.1, -0.05) is 17.7 Å². The highest BCUT2D eigenvalue weighted by atomic mass is 35.5. The van der Waals surface area contributed by atoms with Crippen LogP contribution in [-0.2, 0) is 24.9 Å². The molecule has 0 aliphatic heterocycles. The molecule has 0 fully saturated rings. The Kier molecular flexibility index (Phi) is 5.61. The molecule has 0 atom stereocenters. The molecule has 0 unspecified atom stereocenters. The molecule has 6 heteroatoms. The Morgan fingerprint density at radius 2 is 2.10 bits per heavy atom. The van der Waals surface area contributed by atoms with Crippen molar-refractivity contribution in [1.82, 2.24) is 14.7 Å². The van der Waals surface area contributed by atoms with Crippen molar-refractivity contribution in [3.63, 3.8) is 0 Å². The van der Waals surface area contributed by atoms with Gasteiger partial charge < -0.3 is 9.84 Å². The molecule has 0 spiro atoms. The van der Waals surface area contributed by atoms with Gasteiger partial charge in [-0.2, -0.15) is 5.10 Å². The highest BCUT2D eigenvalue weighted by Crippen LogP contribution is 2.24. The molecular weight excluding hydrogens is 290 g/mol.